The first-order valence-corrected chi connectivity index (χ1v) is 9.49. The largest absolute Gasteiger partial charge is 0.497 e. The SMILES string of the molecule is COc1cccc(CC(CBr)CCCS(C)(=O)=O)c1. The maximum absolute atomic E-state index is 11.1. The lowest BCUT2D eigenvalue weighted by Gasteiger charge is -2.14. The Kier molecular flexibility index (Phi) is 6.86. The molecule has 1 unspecified atom stereocenters. The van der Waals surface area contributed by atoms with Gasteiger partial charge < -0.3 is 4.74 Å². The van der Waals surface area contributed by atoms with Crippen LogP contribution in [0.25, 0.3) is 0 Å². The van der Waals surface area contributed by atoms with E-state index < -0.39 is 9.84 Å². The van der Waals surface area contributed by atoms with Gasteiger partial charge in [0.25, 0.3) is 0 Å². The van der Waals surface area contributed by atoms with E-state index >= 15 is 0 Å². The fourth-order valence-corrected chi connectivity index (χ4v) is 3.24. The number of sulfone groups is 1. The standard InChI is InChI=1S/C14H21BrO3S/c1-18-14-7-3-5-12(10-14)9-13(11-15)6-4-8-19(2,16)17/h3,5,7,10,13H,4,6,8-9,11H2,1-2H3. The van der Waals surface area contributed by atoms with Crippen molar-refractivity contribution >= 4 is 25.8 Å². The molecule has 0 amide bonds. The average Bonchev–Trinajstić information content (AvgIpc) is 2.36. The molecule has 0 aliphatic heterocycles. The van der Waals surface area contributed by atoms with Gasteiger partial charge in [0.15, 0.2) is 0 Å². The zero-order chi connectivity index (χ0) is 14.3. The molecule has 0 aromatic heterocycles. The van der Waals surface area contributed by atoms with Crippen molar-refractivity contribution in [3.8, 4) is 5.75 Å². The number of methoxy groups -OCH3 is 1. The van der Waals surface area contributed by atoms with Gasteiger partial charge in [-0.25, -0.2) is 8.42 Å². The van der Waals surface area contributed by atoms with Crippen molar-refractivity contribution in [3.05, 3.63) is 29.8 Å². The van der Waals surface area contributed by atoms with Crippen LogP contribution >= 0.6 is 15.9 Å². The Morgan fingerprint density at radius 3 is 2.68 bits per heavy atom. The number of rotatable bonds is 8. The van der Waals surface area contributed by atoms with Gasteiger partial charge >= 0.3 is 0 Å². The highest BCUT2D eigenvalue weighted by Gasteiger charge is 2.11. The fourth-order valence-electron chi connectivity index (χ4n) is 2.00. The number of hydrogen-bond acceptors (Lipinski definition) is 3. The topological polar surface area (TPSA) is 43.4 Å². The number of benzene rings is 1. The lowest BCUT2D eigenvalue weighted by molar-refractivity contribution is 0.413. The molecule has 0 heterocycles. The molecule has 3 nitrogen and oxygen atoms in total. The van der Waals surface area contributed by atoms with E-state index in [9.17, 15) is 8.42 Å². The molecule has 0 saturated heterocycles. The molecule has 0 fully saturated rings. The maximum atomic E-state index is 11.1. The van der Waals surface area contributed by atoms with Crippen molar-refractivity contribution in [2.45, 2.75) is 19.3 Å². The van der Waals surface area contributed by atoms with E-state index in [1.54, 1.807) is 7.11 Å². The predicted molar refractivity (Wildman–Crippen MR) is 82.9 cm³/mol. The number of hydrogen-bond donors (Lipinski definition) is 0. The minimum Gasteiger partial charge on any atom is -0.497 e. The maximum Gasteiger partial charge on any atom is 0.147 e. The Morgan fingerprint density at radius 1 is 1.37 bits per heavy atom. The summed E-state index contributed by atoms with van der Waals surface area (Å²) >= 11 is 3.51. The molecule has 1 aromatic carbocycles. The Bertz CT molecular complexity index is 485. The third kappa shape index (κ3) is 6.97. The lowest BCUT2D eigenvalue weighted by atomic mass is 9.97. The van der Waals surface area contributed by atoms with Crippen LogP contribution in [0.5, 0.6) is 5.75 Å². The molecule has 108 valence electrons. The average molecular weight is 349 g/mol. The lowest BCUT2D eigenvalue weighted by Crippen LogP contribution is -2.10. The van der Waals surface area contributed by atoms with E-state index in [1.165, 1.54) is 11.8 Å². The van der Waals surface area contributed by atoms with Gasteiger partial charge in [-0.2, -0.15) is 0 Å². The molecule has 19 heavy (non-hydrogen) atoms. The van der Waals surface area contributed by atoms with Crippen molar-refractivity contribution in [3.63, 3.8) is 0 Å². The van der Waals surface area contributed by atoms with Gasteiger partial charge in [-0.05, 0) is 42.9 Å². The predicted octanol–water partition coefficient (Wildman–Crippen LogP) is 3.07. The molecule has 5 heteroatoms. The third-order valence-electron chi connectivity index (χ3n) is 3.00. The molecule has 1 rings (SSSR count). The summed E-state index contributed by atoms with van der Waals surface area (Å²) in [5.41, 5.74) is 1.23. The van der Waals surface area contributed by atoms with Gasteiger partial charge in [0.2, 0.25) is 0 Å². The molecular formula is C14H21BrO3S. The molecular weight excluding hydrogens is 328 g/mol. The third-order valence-corrected chi connectivity index (χ3v) is 4.95. The Hall–Kier alpha value is -0.550. The van der Waals surface area contributed by atoms with E-state index in [4.69, 9.17) is 4.74 Å². The van der Waals surface area contributed by atoms with Gasteiger partial charge in [0.05, 0.1) is 7.11 Å². The first-order valence-electron chi connectivity index (χ1n) is 6.31. The molecule has 0 spiro atoms. The monoisotopic (exact) mass is 348 g/mol. The number of halogens is 1. The first-order chi connectivity index (χ1) is 8.94. The molecule has 1 atom stereocenters. The van der Waals surface area contributed by atoms with E-state index in [0.717, 1.165) is 30.3 Å². The number of ether oxygens (including phenoxy) is 1. The Labute approximate surface area is 124 Å². The van der Waals surface area contributed by atoms with E-state index in [1.807, 2.05) is 18.2 Å². The zero-order valence-corrected chi connectivity index (χ0v) is 13.8. The quantitative estimate of drug-likeness (QED) is 0.678. The summed E-state index contributed by atoms with van der Waals surface area (Å²) in [5, 5.41) is 0.883. The normalized spacial score (nSPS) is 13.2. The van der Waals surface area contributed by atoms with E-state index in [2.05, 4.69) is 22.0 Å². The van der Waals surface area contributed by atoms with Crippen LogP contribution < -0.4 is 4.74 Å². The summed E-state index contributed by atoms with van der Waals surface area (Å²) in [6.07, 6.45) is 3.86. The van der Waals surface area contributed by atoms with Gasteiger partial charge in [-0.15, -0.1) is 0 Å². The highest BCUT2D eigenvalue weighted by atomic mass is 79.9. The van der Waals surface area contributed by atoms with Gasteiger partial charge in [-0.3, -0.25) is 0 Å². The van der Waals surface area contributed by atoms with Gasteiger partial charge in [-0.1, -0.05) is 28.1 Å². The van der Waals surface area contributed by atoms with Crippen LogP contribution in [0.15, 0.2) is 24.3 Å². The van der Waals surface area contributed by atoms with Crippen LogP contribution in [0.3, 0.4) is 0 Å². The minimum atomic E-state index is -2.85. The summed E-state index contributed by atoms with van der Waals surface area (Å²) in [6.45, 7) is 0. The number of alkyl halides is 1. The first kappa shape index (κ1) is 16.5. The summed E-state index contributed by atoms with van der Waals surface area (Å²) in [5.74, 6) is 1.59. The molecule has 0 N–H and O–H groups in total. The van der Waals surface area contributed by atoms with Crippen molar-refractivity contribution < 1.29 is 13.2 Å². The summed E-state index contributed by atoms with van der Waals surface area (Å²) in [6, 6.07) is 8.02. The highest BCUT2D eigenvalue weighted by molar-refractivity contribution is 9.09. The molecule has 0 radical (unpaired) electrons. The minimum absolute atomic E-state index is 0.272. The molecule has 1 aromatic rings. The zero-order valence-electron chi connectivity index (χ0n) is 11.4. The van der Waals surface area contributed by atoms with Crippen LogP contribution in [0.1, 0.15) is 18.4 Å². The second-order valence-corrected chi connectivity index (χ2v) is 7.76. The van der Waals surface area contributed by atoms with Crippen molar-refractivity contribution in [2.24, 2.45) is 5.92 Å². The van der Waals surface area contributed by atoms with E-state index in [-0.39, 0.29) is 5.75 Å². The van der Waals surface area contributed by atoms with Crippen molar-refractivity contribution in [1.82, 2.24) is 0 Å². The Morgan fingerprint density at radius 2 is 2.11 bits per heavy atom. The van der Waals surface area contributed by atoms with Crippen LogP contribution in [-0.4, -0.2) is 32.9 Å². The summed E-state index contributed by atoms with van der Waals surface area (Å²) in [4.78, 5) is 0. The van der Waals surface area contributed by atoms with E-state index in [0.29, 0.717) is 5.92 Å². The second kappa shape index (κ2) is 7.90. The summed E-state index contributed by atoms with van der Waals surface area (Å²) in [7, 11) is -1.19. The smallest absolute Gasteiger partial charge is 0.147 e. The fraction of sp³-hybridized carbons (Fsp3) is 0.571. The molecule has 0 bridgehead atoms. The van der Waals surface area contributed by atoms with Crippen LogP contribution in [0, 0.1) is 5.92 Å². The molecule has 0 aliphatic carbocycles. The molecule has 0 aliphatic rings. The van der Waals surface area contributed by atoms with Crippen LogP contribution in [0.2, 0.25) is 0 Å². The highest BCUT2D eigenvalue weighted by Crippen LogP contribution is 2.20. The van der Waals surface area contributed by atoms with Crippen molar-refractivity contribution in [1.29, 1.82) is 0 Å². The second-order valence-electron chi connectivity index (χ2n) is 4.85. The summed E-state index contributed by atoms with van der Waals surface area (Å²) < 4.78 is 27.4. The van der Waals surface area contributed by atoms with Crippen LogP contribution in [0.4, 0.5) is 0 Å². The Balaban J connectivity index is 2.51. The van der Waals surface area contributed by atoms with Crippen LogP contribution in [-0.2, 0) is 16.3 Å². The molecule has 0 saturated carbocycles. The van der Waals surface area contributed by atoms with Gasteiger partial charge in [0.1, 0.15) is 15.6 Å². The van der Waals surface area contributed by atoms with Gasteiger partial charge in [0, 0.05) is 17.3 Å². The van der Waals surface area contributed by atoms with Crippen molar-refractivity contribution in [2.75, 3.05) is 24.4 Å².